The highest BCUT2D eigenvalue weighted by atomic mass is 16.1. The normalized spacial score (nSPS) is 16.4. The van der Waals surface area contributed by atoms with Crippen LogP contribution in [0, 0.1) is 0 Å². The van der Waals surface area contributed by atoms with Crippen LogP contribution < -0.4 is 16.0 Å². The van der Waals surface area contributed by atoms with Crippen molar-refractivity contribution in [3.8, 4) is 0 Å². The first-order valence-electron chi connectivity index (χ1n) is 6.74. The molecule has 1 aromatic carbocycles. The Morgan fingerprint density at radius 2 is 2.00 bits per heavy atom. The summed E-state index contributed by atoms with van der Waals surface area (Å²) in [5.41, 5.74) is 8.62. The van der Waals surface area contributed by atoms with Crippen LogP contribution in [0.15, 0.2) is 18.2 Å². The van der Waals surface area contributed by atoms with E-state index in [-0.39, 0.29) is 5.91 Å². The molecule has 3 N–H and O–H groups in total. The number of piperazine rings is 1. The van der Waals surface area contributed by atoms with Crippen molar-refractivity contribution < 1.29 is 4.79 Å². The summed E-state index contributed by atoms with van der Waals surface area (Å²) in [5.74, 6) is -0.0799. The van der Waals surface area contributed by atoms with Crippen molar-refractivity contribution in [1.29, 1.82) is 0 Å². The van der Waals surface area contributed by atoms with Gasteiger partial charge in [0, 0.05) is 38.8 Å². The molecule has 1 aromatic rings. The number of nitrogens with one attached hydrogen (secondary N) is 1. The zero-order valence-corrected chi connectivity index (χ0v) is 11.6. The standard InChI is InChI=1S/C14H22N4O/c1-3-17-6-8-18(9-7-17)14-5-4-12(10-13(14)15)16-11(2)19/h4-5,10H,3,6-9,15H2,1-2H3,(H,16,19). The summed E-state index contributed by atoms with van der Waals surface area (Å²) in [6.45, 7) is 8.92. The Morgan fingerprint density at radius 3 is 2.53 bits per heavy atom. The minimum atomic E-state index is -0.0799. The van der Waals surface area contributed by atoms with E-state index in [1.807, 2.05) is 18.2 Å². The van der Waals surface area contributed by atoms with Crippen LogP contribution in [0.2, 0.25) is 0 Å². The Morgan fingerprint density at radius 1 is 1.32 bits per heavy atom. The van der Waals surface area contributed by atoms with Crippen molar-refractivity contribution in [3.63, 3.8) is 0 Å². The molecule has 1 saturated heterocycles. The molecular weight excluding hydrogens is 240 g/mol. The van der Waals surface area contributed by atoms with Gasteiger partial charge in [-0.1, -0.05) is 6.92 Å². The highest BCUT2D eigenvalue weighted by molar-refractivity contribution is 5.90. The fraction of sp³-hybridized carbons (Fsp3) is 0.500. The van der Waals surface area contributed by atoms with Crippen LogP contribution in [-0.2, 0) is 4.79 Å². The van der Waals surface area contributed by atoms with E-state index >= 15 is 0 Å². The maximum absolute atomic E-state index is 11.0. The second-order valence-corrected chi connectivity index (χ2v) is 4.88. The summed E-state index contributed by atoms with van der Waals surface area (Å²) in [4.78, 5) is 15.7. The highest BCUT2D eigenvalue weighted by Crippen LogP contribution is 2.27. The third-order valence-electron chi connectivity index (χ3n) is 3.51. The minimum absolute atomic E-state index is 0.0799. The number of nitrogens with two attached hydrogens (primary N) is 1. The van der Waals surface area contributed by atoms with Gasteiger partial charge in [-0.2, -0.15) is 0 Å². The molecule has 0 aliphatic carbocycles. The van der Waals surface area contributed by atoms with Crippen molar-refractivity contribution in [2.24, 2.45) is 0 Å². The number of rotatable bonds is 3. The van der Waals surface area contributed by atoms with E-state index in [4.69, 9.17) is 5.73 Å². The van der Waals surface area contributed by atoms with E-state index in [0.29, 0.717) is 0 Å². The van der Waals surface area contributed by atoms with Gasteiger partial charge in [-0.25, -0.2) is 0 Å². The number of hydrogen-bond acceptors (Lipinski definition) is 4. The number of nitrogen functional groups attached to an aromatic ring is 1. The minimum Gasteiger partial charge on any atom is -0.397 e. The lowest BCUT2D eigenvalue weighted by molar-refractivity contribution is -0.114. The SMILES string of the molecule is CCN1CCN(c2ccc(NC(C)=O)cc2N)CC1. The number of carbonyl (C=O) groups is 1. The molecule has 1 heterocycles. The Balaban J connectivity index is 2.07. The summed E-state index contributed by atoms with van der Waals surface area (Å²) < 4.78 is 0. The largest absolute Gasteiger partial charge is 0.397 e. The van der Waals surface area contributed by atoms with Crippen molar-refractivity contribution >= 4 is 23.0 Å². The van der Waals surface area contributed by atoms with Gasteiger partial charge in [0.15, 0.2) is 0 Å². The van der Waals surface area contributed by atoms with Crippen molar-refractivity contribution in [2.45, 2.75) is 13.8 Å². The van der Waals surface area contributed by atoms with Crippen molar-refractivity contribution in [2.75, 3.05) is 48.7 Å². The van der Waals surface area contributed by atoms with Gasteiger partial charge in [-0.15, -0.1) is 0 Å². The maximum Gasteiger partial charge on any atom is 0.221 e. The molecule has 0 saturated carbocycles. The van der Waals surface area contributed by atoms with Gasteiger partial charge in [0.25, 0.3) is 0 Å². The molecule has 1 aliphatic rings. The van der Waals surface area contributed by atoms with Crippen molar-refractivity contribution in [1.82, 2.24) is 4.90 Å². The van der Waals surface area contributed by atoms with Crippen LogP contribution in [0.5, 0.6) is 0 Å². The van der Waals surface area contributed by atoms with E-state index < -0.39 is 0 Å². The second-order valence-electron chi connectivity index (χ2n) is 4.88. The van der Waals surface area contributed by atoms with E-state index in [0.717, 1.165) is 49.8 Å². The van der Waals surface area contributed by atoms with Gasteiger partial charge in [0.1, 0.15) is 0 Å². The third kappa shape index (κ3) is 3.38. The number of benzene rings is 1. The first-order chi connectivity index (χ1) is 9.10. The van der Waals surface area contributed by atoms with E-state index in [9.17, 15) is 4.79 Å². The van der Waals surface area contributed by atoms with Gasteiger partial charge in [-0.3, -0.25) is 4.79 Å². The van der Waals surface area contributed by atoms with Gasteiger partial charge in [0.05, 0.1) is 11.4 Å². The molecule has 0 aromatic heterocycles. The number of likely N-dealkylation sites (N-methyl/N-ethyl adjacent to an activating group) is 1. The molecule has 0 radical (unpaired) electrons. The van der Waals surface area contributed by atoms with Gasteiger partial charge in [0.2, 0.25) is 5.91 Å². The lowest BCUT2D eigenvalue weighted by Gasteiger charge is -2.36. The molecule has 5 nitrogen and oxygen atoms in total. The molecule has 0 spiro atoms. The molecule has 0 bridgehead atoms. The summed E-state index contributed by atoms with van der Waals surface area (Å²) in [6.07, 6.45) is 0. The van der Waals surface area contributed by atoms with Gasteiger partial charge < -0.3 is 20.9 Å². The third-order valence-corrected chi connectivity index (χ3v) is 3.51. The van der Waals surface area contributed by atoms with Crippen molar-refractivity contribution in [3.05, 3.63) is 18.2 Å². The number of nitrogens with zero attached hydrogens (tertiary/aromatic N) is 2. The molecule has 2 rings (SSSR count). The molecular formula is C14H22N4O. The Labute approximate surface area is 114 Å². The smallest absolute Gasteiger partial charge is 0.221 e. The van der Waals surface area contributed by atoms with E-state index in [1.165, 1.54) is 6.92 Å². The predicted molar refractivity (Wildman–Crippen MR) is 79.5 cm³/mol. The molecule has 1 aliphatic heterocycles. The van der Waals surface area contributed by atoms with Crippen LogP contribution in [-0.4, -0.2) is 43.5 Å². The fourth-order valence-electron chi connectivity index (χ4n) is 2.43. The lowest BCUT2D eigenvalue weighted by atomic mass is 10.2. The number of amides is 1. The quantitative estimate of drug-likeness (QED) is 0.808. The van der Waals surface area contributed by atoms with Gasteiger partial charge >= 0.3 is 0 Å². The molecule has 1 fully saturated rings. The lowest BCUT2D eigenvalue weighted by Crippen LogP contribution is -2.46. The number of anilines is 3. The Hall–Kier alpha value is -1.75. The molecule has 5 heteroatoms. The fourth-order valence-corrected chi connectivity index (χ4v) is 2.43. The summed E-state index contributed by atoms with van der Waals surface area (Å²) in [5, 5.41) is 2.75. The Bertz CT molecular complexity index is 453. The van der Waals surface area contributed by atoms with Gasteiger partial charge in [-0.05, 0) is 24.7 Å². The summed E-state index contributed by atoms with van der Waals surface area (Å²) >= 11 is 0. The molecule has 0 atom stereocenters. The zero-order valence-electron chi connectivity index (χ0n) is 11.6. The first kappa shape index (κ1) is 13.7. The molecule has 1 amide bonds. The molecule has 19 heavy (non-hydrogen) atoms. The van der Waals surface area contributed by atoms with Crippen LogP contribution in [0.3, 0.4) is 0 Å². The topological polar surface area (TPSA) is 61.6 Å². The first-order valence-corrected chi connectivity index (χ1v) is 6.74. The Kier molecular flexibility index (Phi) is 4.27. The molecule has 0 unspecified atom stereocenters. The van der Waals surface area contributed by atoms with Crippen LogP contribution >= 0.6 is 0 Å². The maximum atomic E-state index is 11.0. The monoisotopic (exact) mass is 262 g/mol. The summed E-state index contributed by atoms with van der Waals surface area (Å²) in [7, 11) is 0. The average Bonchev–Trinajstić information content (AvgIpc) is 2.38. The van der Waals surface area contributed by atoms with E-state index in [2.05, 4.69) is 22.0 Å². The average molecular weight is 262 g/mol. The summed E-state index contributed by atoms with van der Waals surface area (Å²) in [6, 6.07) is 5.71. The highest BCUT2D eigenvalue weighted by Gasteiger charge is 2.17. The zero-order chi connectivity index (χ0) is 13.8. The second kappa shape index (κ2) is 5.93. The molecule has 104 valence electrons. The number of hydrogen-bond donors (Lipinski definition) is 2. The number of carbonyl (C=O) groups excluding carboxylic acids is 1. The van der Waals surface area contributed by atoms with Crippen LogP contribution in [0.1, 0.15) is 13.8 Å². The van der Waals surface area contributed by atoms with E-state index in [1.54, 1.807) is 0 Å². The van der Waals surface area contributed by atoms with Crippen LogP contribution in [0.4, 0.5) is 17.1 Å². The van der Waals surface area contributed by atoms with Crippen LogP contribution in [0.25, 0.3) is 0 Å². The predicted octanol–water partition coefficient (Wildman–Crippen LogP) is 1.37.